The lowest BCUT2D eigenvalue weighted by atomic mass is 9.93. The van der Waals surface area contributed by atoms with E-state index in [9.17, 15) is 4.79 Å². The maximum atomic E-state index is 11.0. The lowest BCUT2D eigenvalue weighted by Crippen LogP contribution is -2.43. The van der Waals surface area contributed by atoms with Crippen LogP contribution >= 0.6 is 0 Å². The third-order valence-electron chi connectivity index (χ3n) is 3.89. The van der Waals surface area contributed by atoms with Crippen LogP contribution in [0.5, 0.6) is 0 Å². The molecule has 0 amide bonds. The summed E-state index contributed by atoms with van der Waals surface area (Å²) >= 11 is 0. The first-order chi connectivity index (χ1) is 7.27. The van der Waals surface area contributed by atoms with E-state index < -0.39 is 5.97 Å². The molecule has 0 heterocycles. The van der Waals surface area contributed by atoms with Crippen molar-refractivity contribution in [3.63, 3.8) is 0 Å². The molecule has 0 aromatic heterocycles. The molecule has 0 spiro atoms. The Bertz CT molecular complexity index is 224. The zero-order valence-corrected chi connectivity index (χ0v) is 9.24. The summed E-state index contributed by atoms with van der Waals surface area (Å²) in [6.45, 7) is 0. The molecule has 0 unspecified atom stereocenters. The normalized spacial score (nSPS) is 33.1. The maximum absolute atomic E-state index is 11.0. The molecule has 0 radical (unpaired) electrons. The number of aliphatic carboxylic acids is 1. The predicted molar refractivity (Wildman–Crippen MR) is 58.8 cm³/mol. The lowest BCUT2D eigenvalue weighted by Gasteiger charge is -2.28. The average Bonchev–Trinajstić information content (AvgIpc) is 2.67. The van der Waals surface area contributed by atoms with Gasteiger partial charge in [0, 0.05) is 12.1 Å². The van der Waals surface area contributed by atoms with Crippen molar-refractivity contribution >= 4 is 5.97 Å². The molecule has 2 aliphatic rings. The molecule has 2 aliphatic carbocycles. The molecule has 0 aliphatic heterocycles. The second-order valence-corrected chi connectivity index (χ2v) is 4.98. The van der Waals surface area contributed by atoms with E-state index in [1.165, 1.54) is 32.1 Å². The van der Waals surface area contributed by atoms with Crippen molar-refractivity contribution in [2.24, 2.45) is 5.92 Å². The Hall–Kier alpha value is -0.570. The molecule has 2 saturated carbocycles. The third-order valence-corrected chi connectivity index (χ3v) is 3.89. The standard InChI is InChI=1S/C12H21NO2/c14-12(15)10-7-4-8-11(10)13-9-5-2-1-3-6-9/h9-11,13H,1-8H2,(H,14,15)/t10-,11-/m1/s1. The largest absolute Gasteiger partial charge is 0.481 e. The van der Waals surface area contributed by atoms with E-state index >= 15 is 0 Å². The summed E-state index contributed by atoms with van der Waals surface area (Å²) in [5.41, 5.74) is 0. The third kappa shape index (κ3) is 2.71. The van der Waals surface area contributed by atoms with Crippen molar-refractivity contribution in [2.45, 2.75) is 63.5 Å². The van der Waals surface area contributed by atoms with Gasteiger partial charge in [0.15, 0.2) is 0 Å². The van der Waals surface area contributed by atoms with Crippen LogP contribution in [0.3, 0.4) is 0 Å². The van der Waals surface area contributed by atoms with Crippen molar-refractivity contribution in [3.05, 3.63) is 0 Å². The molecule has 0 bridgehead atoms. The van der Waals surface area contributed by atoms with E-state index in [4.69, 9.17) is 5.11 Å². The number of carbonyl (C=O) groups is 1. The summed E-state index contributed by atoms with van der Waals surface area (Å²) in [6.07, 6.45) is 9.43. The van der Waals surface area contributed by atoms with Crippen LogP contribution in [0.15, 0.2) is 0 Å². The van der Waals surface area contributed by atoms with Gasteiger partial charge in [-0.05, 0) is 25.7 Å². The van der Waals surface area contributed by atoms with Gasteiger partial charge in [-0.2, -0.15) is 0 Å². The molecule has 2 rings (SSSR count). The highest BCUT2D eigenvalue weighted by Gasteiger charge is 2.34. The van der Waals surface area contributed by atoms with Gasteiger partial charge in [-0.15, -0.1) is 0 Å². The van der Waals surface area contributed by atoms with Gasteiger partial charge < -0.3 is 10.4 Å². The highest BCUT2D eigenvalue weighted by molar-refractivity contribution is 5.71. The van der Waals surface area contributed by atoms with Crippen LogP contribution < -0.4 is 5.32 Å². The molecule has 2 N–H and O–H groups in total. The highest BCUT2D eigenvalue weighted by Crippen LogP contribution is 2.28. The van der Waals surface area contributed by atoms with Crippen molar-refractivity contribution in [2.75, 3.05) is 0 Å². The second kappa shape index (κ2) is 4.97. The van der Waals surface area contributed by atoms with E-state index in [0.29, 0.717) is 6.04 Å². The van der Waals surface area contributed by atoms with E-state index in [2.05, 4.69) is 5.32 Å². The summed E-state index contributed by atoms with van der Waals surface area (Å²) < 4.78 is 0. The van der Waals surface area contributed by atoms with Crippen LogP contribution in [0, 0.1) is 5.92 Å². The van der Waals surface area contributed by atoms with E-state index in [1.807, 2.05) is 0 Å². The van der Waals surface area contributed by atoms with Gasteiger partial charge in [-0.25, -0.2) is 0 Å². The Kier molecular flexibility index (Phi) is 3.62. The number of hydrogen-bond acceptors (Lipinski definition) is 2. The van der Waals surface area contributed by atoms with Gasteiger partial charge >= 0.3 is 5.97 Å². The minimum atomic E-state index is -0.610. The van der Waals surface area contributed by atoms with Gasteiger partial charge in [-0.1, -0.05) is 25.7 Å². The van der Waals surface area contributed by atoms with Crippen molar-refractivity contribution in [1.82, 2.24) is 5.32 Å². The number of rotatable bonds is 3. The number of carboxylic acids is 1. The molecule has 3 nitrogen and oxygen atoms in total. The van der Waals surface area contributed by atoms with Gasteiger partial charge in [0.1, 0.15) is 0 Å². The molecule has 2 fully saturated rings. The van der Waals surface area contributed by atoms with Gasteiger partial charge in [0.25, 0.3) is 0 Å². The molecule has 15 heavy (non-hydrogen) atoms. The molecular weight excluding hydrogens is 190 g/mol. The van der Waals surface area contributed by atoms with E-state index in [0.717, 1.165) is 19.3 Å². The van der Waals surface area contributed by atoms with Crippen LogP contribution in [0.1, 0.15) is 51.4 Å². The molecule has 0 saturated heterocycles. The Morgan fingerprint density at radius 2 is 1.73 bits per heavy atom. The van der Waals surface area contributed by atoms with Crippen molar-refractivity contribution in [1.29, 1.82) is 0 Å². The SMILES string of the molecule is O=C(O)[C@@H]1CCC[C@H]1NC1CCCCC1. The highest BCUT2D eigenvalue weighted by atomic mass is 16.4. The Balaban J connectivity index is 1.84. The summed E-state index contributed by atoms with van der Waals surface area (Å²) in [7, 11) is 0. The van der Waals surface area contributed by atoms with Gasteiger partial charge in [-0.3, -0.25) is 4.79 Å². The van der Waals surface area contributed by atoms with Crippen LogP contribution in [0.4, 0.5) is 0 Å². The van der Waals surface area contributed by atoms with Gasteiger partial charge in [0.05, 0.1) is 5.92 Å². The molecule has 2 atom stereocenters. The Labute approximate surface area is 91.2 Å². The van der Waals surface area contributed by atoms with E-state index in [-0.39, 0.29) is 12.0 Å². The first-order valence-electron chi connectivity index (χ1n) is 6.26. The van der Waals surface area contributed by atoms with Crippen LogP contribution in [0.2, 0.25) is 0 Å². The van der Waals surface area contributed by atoms with Gasteiger partial charge in [0.2, 0.25) is 0 Å². The predicted octanol–water partition coefficient (Wildman–Crippen LogP) is 2.16. The second-order valence-electron chi connectivity index (χ2n) is 4.98. The Morgan fingerprint density at radius 3 is 2.40 bits per heavy atom. The minimum absolute atomic E-state index is 0.132. The zero-order chi connectivity index (χ0) is 10.7. The number of carboxylic acid groups (broad SMARTS) is 1. The summed E-state index contributed by atoms with van der Waals surface area (Å²) in [5.74, 6) is -0.743. The monoisotopic (exact) mass is 211 g/mol. The zero-order valence-electron chi connectivity index (χ0n) is 9.24. The minimum Gasteiger partial charge on any atom is -0.481 e. The first-order valence-corrected chi connectivity index (χ1v) is 6.26. The van der Waals surface area contributed by atoms with Crippen LogP contribution in [0.25, 0.3) is 0 Å². The molecule has 0 aromatic carbocycles. The fourth-order valence-electron chi connectivity index (χ4n) is 3.03. The van der Waals surface area contributed by atoms with Crippen LogP contribution in [-0.2, 0) is 4.79 Å². The average molecular weight is 211 g/mol. The maximum Gasteiger partial charge on any atom is 0.308 e. The number of hydrogen-bond donors (Lipinski definition) is 2. The summed E-state index contributed by atoms with van der Waals surface area (Å²) in [6, 6.07) is 0.828. The first kappa shape index (κ1) is 10.9. The van der Waals surface area contributed by atoms with Crippen molar-refractivity contribution in [3.8, 4) is 0 Å². The number of nitrogens with one attached hydrogen (secondary N) is 1. The molecule has 86 valence electrons. The summed E-state index contributed by atoms with van der Waals surface area (Å²) in [5, 5.41) is 12.6. The fraction of sp³-hybridized carbons (Fsp3) is 0.917. The topological polar surface area (TPSA) is 49.3 Å². The molecule has 3 heteroatoms. The Morgan fingerprint density at radius 1 is 1.00 bits per heavy atom. The summed E-state index contributed by atoms with van der Waals surface area (Å²) in [4.78, 5) is 11.0. The fourth-order valence-corrected chi connectivity index (χ4v) is 3.03. The quantitative estimate of drug-likeness (QED) is 0.752. The van der Waals surface area contributed by atoms with Crippen LogP contribution in [-0.4, -0.2) is 23.2 Å². The van der Waals surface area contributed by atoms with Crippen molar-refractivity contribution < 1.29 is 9.90 Å². The van der Waals surface area contributed by atoms with E-state index in [1.54, 1.807) is 0 Å². The molecule has 0 aromatic rings. The molecular formula is C12H21NO2. The lowest BCUT2D eigenvalue weighted by molar-refractivity contribution is -0.142. The smallest absolute Gasteiger partial charge is 0.308 e.